The molecule has 1 fully saturated rings. The third kappa shape index (κ3) is 3.01. The maximum atomic E-state index is 12.1. The van der Waals surface area contributed by atoms with Gasteiger partial charge in [-0.2, -0.15) is 0 Å². The van der Waals surface area contributed by atoms with Crippen molar-refractivity contribution in [3.63, 3.8) is 0 Å². The van der Waals surface area contributed by atoms with Crippen LogP contribution in [0.25, 0.3) is 0 Å². The highest BCUT2D eigenvalue weighted by atomic mass is 16.5. The Hall–Kier alpha value is -1.55. The third-order valence-electron chi connectivity index (χ3n) is 3.23. The van der Waals surface area contributed by atoms with E-state index >= 15 is 0 Å². The van der Waals surface area contributed by atoms with E-state index in [4.69, 9.17) is 9.47 Å². The Bertz CT molecular complexity index is 425. The average molecular weight is 249 g/mol. The molecule has 0 unspecified atom stereocenters. The van der Waals surface area contributed by atoms with Gasteiger partial charge in [-0.15, -0.1) is 0 Å². The minimum Gasteiger partial charge on any atom is -0.497 e. The zero-order chi connectivity index (χ0) is 13.0. The van der Waals surface area contributed by atoms with E-state index < -0.39 is 0 Å². The van der Waals surface area contributed by atoms with Gasteiger partial charge in [0.1, 0.15) is 5.75 Å². The molecule has 1 aromatic carbocycles. The zero-order valence-corrected chi connectivity index (χ0v) is 10.9. The van der Waals surface area contributed by atoms with Crippen LogP contribution in [0.5, 0.6) is 5.75 Å². The first-order valence-corrected chi connectivity index (χ1v) is 6.24. The third-order valence-corrected chi connectivity index (χ3v) is 3.23. The molecule has 2 rings (SSSR count). The number of ether oxygens (including phenoxy) is 2. The lowest BCUT2D eigenvalue weighted by molar-refractivity contribution is 0.0696. The molecule has 0 spiro atoms. The van der Waals surface area contributed by atoms with Gasteiger partial charge in [-0.05, 0) is 43.5 Å². The van der Waals surface area contributed by atoms with Crippen LogP contribution in [-0.2, 0) is 4.74 Å². The second-order valence-electron chi connectivity index (χ2n) is 4.54. The summed E-state index contributed by atoms with van der Waals surface area (Å²) in [5, 5.41) is 3.05. The molecule has 0 aromatic heterocycles. The molecule has 0 atom stereocenters. The fraction of sp³-hybridized carbons (Fsp3) is 0.500. The molecule has 1 N–H and O–H groups in total. The number of amides is 1. The van der Waals surface area contributed by atoms with Crippen LogP contribution in [-0.4, -0.2) is 32.3 Å². The number of rotatable bonds is 3. The molecule has 1 aliphatic rings. The van der Waals surface area contributed by atoms with E-state index in [-0.39, 0.29) is 11.9 Å². The summed E-state index contributed by atoms with van der Waals surface area (Å²) in [6.07, 6.45) is 1.78. The van der Waals surface area contributed by atoms with Crippen molar-refractivity contribution in [1.82, 2.24) is 5.32 Å². The van der Waals surface area contributed by atoms with E-state index in [1.807, 2.05) is 25.1 Å². The van der Waals surface area contributed by atoms with Crippen LogP contribution in [0.4, 0.5) is 0 Å². The summed E-state index contributed by atoms with van der Waals surface area (Å²) in [7, 11) is 1.62. The van der Waals surface area contributed by atoms with Gasteiger partial charge < -0.3 is 14.8 Å². The van der Waals surface area contributed by atoms with Crippen LogP contribution in [0.2, 0.25) is 0 Å². The lowest BCUT2D eigenvalue weighted by Crippen LogP contribution is -2.39. The maximum Gasteiger partial charge on any atom is 0.251 e. The Morgan fingerprint density at radius 2 is 2.11 bits per heavy atom. The van der Waals surface area contributed by atoms with Gasteiger partial charge in [-0.1, -0.05) is 0 Å². The number of methoxy groups -OCH3 is 1. The van der Waals surface area contributed by atoms with Gasteiger partial charge in [0.2, 0.25) is 0 Å². The molecule has 4 heteroatoms. The van der Waals surface area contributed by atoms with Crippen LogP contribution in [0, 0.1) is 6.92 Å². The summed E-state index contributed by atoms with van der Waals surface area (Å²) >= 11 is 0. The predicted molar refractivity (Wildman–Crippen MR) is 69.0 cm³/mol. The van der Waals surface area contributed by atoms with Gasteiger partial charge in [0.25, 0.3) is 5.91 Å². The summed E-state index contributed by atoms with van der Waals surface area (Å²) in [5.41, 5.74) is 1.64. The first kappa shape index (κ1) is 12.9. The minimum absolute atomic E-state index is 0.0120. The van der Waals surface area contributed by atoms with Crippen molar-refractivity contribution in [2.75, 3.05) is 20.3 Å². The predicted octanol–water partition coefficient (Wildman–Crippen LogP) is 1.91. The molecule has 1 amide bonds. The van der Waals surface area contributed by atoms with Crippen LogP contribution >= 0.6 is 0 Å². The number of benzene rings is 1. The number of hydrogen-bond acceptors (Lipinski definition) is 3. The number of carbonyl (C=O) groups excluding carboxylic acids is 1. The normalized spacial score (nSPS) is 16.3. The Morgan fingerprint density at radius 3 is 2.72 bits per heavy atom. The summed E-state index contributed by atoms with van der Waals surface area (Å²) in [5.74, 6) is 0.761. The molecule has 1 heterocycles. The van der Waals surface area contributed by atoms with Gasteiger partial charge in [0.05, 0.1) is 7.11 Å². The topological polar surface area (TPSA) is 47.6 Å². The lowest BCUT2D eigenvalue weighted by Gasteiger charge is -2.23. The smallest absolute Gasteiger partial charge is 0.251 e. The zero-order valence-electron chi connectivity index (χ0n) is 10.9. The monoisotopic (exact) mass is 249 g/mol. The van der Waals surface area contributed by atoms with E-state index in [1.54, 1.807) is 7.11 Å². The molecule has 98 valence electrons. The minimum atomic E-state index is -0.0120. The first-order valence-electron chi connectivity index (χ1n) is 6.24. The molecule has 0 bridgehead atoms. The average Bonchev–Trinajstić information content (AvgIpc) is 2.39. The summed E-state index contributed by atoms with van der Waals surface area (Å²) in [4.78, 5) is 12.1. The fourth-order valence-corrected chi connectivity index (χ4v) is 2.12. The van der Waals surface area contributed by atoms with Crippen molar-refractivity contribution < 1.29 is 14.3 Å². The van der Waals surface area contributed by atoms with Crippen LogP contribution in [0.3, 0.4) is 0 Å². The standard InChI is InChI=1S/C14H19NO3/c1-10-9-12(17-2)3-4-13(10)14(16)15-11-5-7-18-8-6-11/h3-4,9,11H,5-8H2,1-2H3,(H,15,16). The number of nitrogens with one attached hydrogen (secondary N) is 1. The van der Waals surface area contributed by atoms with E-state index in [0.29, 0.717) is 5.56 Å². The number of carbonyl (C=O) groups is 1. The highest BCUT2D eigenvalue weighted by Crippen LogP contribution is 2.17. The quantitative estimate of drug-likeness (QED) is 0.890. The van der Waals surface area contributed by atoms with E-state index in [9.17, 15) is 4.79 Å². The van der Waals surface area contributed by atoms with E-state index in [2.05, 4.69) is 5.32 Å². The second kappa shape index (κ2) is 5.87. The van der Waals surface area contributed by atoms with Crippen molar-refractivity contribution in [3.8, 4) is 5.75 Å². The van der Waals surface area contributed by atoms with Gasteiger partial charge >= 0.3 is 0 Å². The molecule has 0 radical (unpaired) electrons. The molecule has 0 aliphatic carbocycles. The molecule has 0 saturated carbocycles. The van der Waals surface area contributed by atoms with Gasteiger partial charge in [0.15, 0.2) is 0 Å². The summed E-state index contributed by atoms with van der Waals surface area (Å²) < 4.78 is 10.4. The Kier molecular flexibility index (Phi) is 4.20. The first-order chi connectivity index (χ1) is 8.70. The molecule has 1 saturated heterocycles. The van der Waals surface area contributed by atoms with Crippen molar-refractivity contribution in [2.24, 2.45) is 0 Å². The van der Waals surface area contributed by atoms with Crippen LogP contribution < -0.4 is 10.1 Å². The van der Waals surface area contributed by atoms with Crippen molar-refractivity contribution >= 4 is 5.91 Å². The molecule has 18 heavy (non-hydrogen) atoms. The van der Waals surface area contributed by atoms with Crippen molar-refractivity contribution in [1.29, 1.82) is 0 Å². The Labute approximate surface area is 107 Å². The Balaban J connectivity index is 2.03. The Morgan fingerprint density at radius 1 is 1.39 bits per heavy atom. The van der Waals surface area contributed by atoms with E-state index in [1.165, 1.54) is 0 Å². The lowest BCUT2D eigenvalue weighted by atomic mass is 10.1. The SMILES string of the molecule is COc1ccc(C(=O)NC2CCOCC2)c(C)c1. The highest BCUT2D eigenvalue weighted by Gasteiger charge is 2.18. The van der Waals surface area contributed by atoms with E-state index in [0.717, 1.165) is 37.4 Å². The maximum absolute atomic E-state index is 12.1. The van der Waals surface area contributed by atoms with Crippen LogP contribution in [0.15, 0.2) is 18.2 Å². The van der Waals surface area contributed by atoms with Crippen molar-refractivity contribution in [3.05, 3.63) is 29.3 Å². The summed E-state index contributed by atoms with van der Waals surface area (Å²) in [6, 6.07) is 5.72. The molecule has 1 aliphatic heterocycles. The van der Waals surface area contributed by atoms with Crippen LogP contribution in [0.1, 0.15) is 28.8 Å². The number of aryl methyl sites for hydroxylation is 1. The molecule has 1 aromatic rings. The van der Waals surface area contributed by atoms with Crippen molar-refractivity contribution in [2.45, 2.75) is 25.8 Å². The summed E-state index contributed by atoms with van der Waals surface area (Å²) in [6.45, 7) is 3.38. The van der Waals surface area contributed by atoms with Gasteiger partial charge in [-0.3, -0.25) is 4.79 Å². The number of hydrogen-bond donors (Lipinski definition) is 1. The molecular weight excluding hydrogens is 230 g/mol. The molecule has 4 nitrogen and oxygen atoms in total. The second-order valence-corrected chi connectivity index (χ2v) is 4.54. The van der Waals surface area contributed by atoms with Gasteiger partial charge in [0, 0.05) is 24.8 Å². The highest BCUT2D eigenvalue weighted by molar-refractivity contribution is 5.96. The fourth-order valence-electron chi connectivity index (χ4n) is 2.12. The van der Waals surface area contributed by atoms with Gasteiger partial charge in [-0.25, -0.2) is 0 Å². The largest absolute Gasteiger partial charge is 0.497 e. The molecular formula is C14H19NO3.